The molecule has 1 saturated carbocycles. The zero-order chi connectivity index (χ0) is 22.9. The third-order valence-corrected chi connectivity index (χ3v) is 6.37. The van der Waals surface area contributed by atoms with Gasteiger partial charge in [-0.05, 0) is 47.9 Å². The van der Waals surface area contributed by atoms with Crippen LogP contribution in [-0.2, 0) is 0 Å². The van der Waals surface area contributed by atoms with Crippen LogP contribution in [0.4, 0.5) is 0 Å². The van der Waals surface area contributed by atoms with Gasteiger partial charge in [0.25, 0.3) is 5.91 Å². The number of hydrogen-bond donors (Lipinski definition) is 2. The van der Waals surface area contributed by atoms with E-state index in [2.05, 4.69) is 0 Å². The number of nitrogens with two attached hydrogens (primary N) is 1. The van der Waals surface area contributed by atoms with Crippen molar-refractivity contribution < 1.29 is 14.6 Å². The van der Waals surface area contributed by atoms with Gasteiger partial charge in [-0.3, -0.25) is 9.79 Å². The molecule has 1 amide bonds. The average molecular weight is 459 g/mol. The van der Waals surface area contributed by atoms with Crippen molar-refractivity contribution in [2.24, 2.45) is 15.8 Å². The summed E-state index contributed by atoms with van der Waals surface area (Å²) in [4.78, 5) is 17.3. The minimum absolute atomic E-state index is 0.0608. The highest BCUT2D eigenvalue weighted by atomic mass is 32.1. The molecule has 5 rings (SSSR count). The number of carbonyl (C=O) groups is 1. The molecule has 1 aromatic heterocycles. The number of aromatic nitrogens is 1. The number of aromatic hydroxyl groups is 1. The lowest BCUT2D eigenvalue weighted by molar-refractivity contribution is 0.0998. The van der Waals surface area contributed by atoms with Gasteiger partial charge in [0, 0.05) is 16.5 Å². The van der Waals surface area contributed by atoms with E-state index in [1.54, 1.807) is 30.1 Å². The smallest absolute Gasteiger partial charge is 0.252 e. The van der Waals surface area contributed by atoms with E-state index in [-0.39, 0.29) is 11.3 Å². The summed E-state index contributed by atoms with van der Waals surface area (Å²) >= 11 is 1.48. The van der Waals surface area contributed by atoms with E-state index in [0.29, 0.717) is 11.6 Å². The van der Waals surface area contributed by atoms with Crippen molar-refractivity contribution in [3.8, 4) is 22.8 Å². The second-order valence-corrected chi connectivity index (χ2v) is 8.66. The number of fused-ring (bicyclic) bond motifs is 1. The Bertz CT molecular complexity index is 1460. The Morgan fingerprint density at radius 1 is 1.21 bits per heavy atom. The molecule has 3 aromatic carbocycles. The molecule has 0 spiro atoms. The van der Waals surface area contributed by atoms with Crippen molar-refractivity contribution >= 4 is 34.2 Å². The van der Waals surface area contributed by atoms with Crippen molar-refractivity contribution in [3.05, 3.63) is 75.9 Å². The van der Waals surface area contributed by atoms with Crippen LogP contribution in [0.2, 0.25) is 0 Å². The predicted octanol–water partition coefficient (Wildman–Crippen LogP) is 4.13. The number of benzene rings is 3. The SMILES string of the molecule is COc1ccc2ccccc2c1C=Nn1c(-c2ccc(O)c(C(N)=O)c2)csc1=NC1CC1. The third-order valence-electron chi connectivity index (χ3n) is 5.54. The van der Waals surface area contributed by atoms with Gasteiger partial charge in [0.15, 0.2) is 0 Å². The van der Waals surface area contributed by atoms with Crippen LogP contribution in [0.5, 0.6) is 11.5 Å². The molecule has 8 heteroatoms. The summed E-state index contributed by atoms with van der Waals surface area (Å²) in [6.45, 7) is 0. The number of phenols is 1. The number of rotatable bonds is 6. The Kier molecular flexibility index (Phi) is 5.43. The molecule has 1 aliphatic rings. The Morgan fingerprint density at radius 2 is 2.03 bits per heavy atom. The van der Waals surface area contributed by atoms with Crippen molar-refractivity contribution in [1.82, 2.24) is 4.68 Å². The molecular weight excluding hydrogens is 436 g/mol. The van der Waals surface area contributed by atoms with E-state index in [0.717, 1.165) is 45.4 Å². The van der Waals surface area contributed by atoms with Gasteiger partial charge in [0.2, 0.25) is 4.80 Å². The van der Waals surface area contributed by atoms with E-state index in [1.807, 2.05) is 41.8 Å². The van der Waals surface area contributed by atoms with E-state index in [4.69, 9.17) is 20.6 Å². The first kappa shape index (κ1) is 21.0. The second kappa shape index (κ2) is 8.55. The van der Waals surface area contributed by atoms with E-state index in [9.17, 15) is 9.90 Å². The van der Waals surface area contributed by atoms with E-state index >= 15 is 0 Å². The van der Waals surface area contributed by atoms with Gasteiger partial charge in [-0.2, -0.15) is 5.10 Å². The zero-order valence-corrected chi connectivity index (χ0v) is 18.7. The molecule has 0 radical (unpaired) electrons. The van der Waals surface area contributed by atoms with Crippen LogP contribution < -0.4 is 15.3 Å². The number of primary amides is 1. The normalized spacial score (nSPS) is 14.3. The average Bonchev–Trinajstić information content (AvgIpc) is 3.56. The maximum absolute atomic E-state index is 11.8. The van der Waals surface area contributed by atoms with Gasteiger partial charge in [-0.1, -0.05) is 30.3 Å². The van der Waals surface area contributed by atoms with Crippen LogP contribution in [0.15, 0.2) is 70.1 Å². The molecule has 3 N–H and O–H groups in total. The molecule has 1 fully saturated rings. The van der Waals surface area contributed by atoms with Crippen LogP contribution in [0, 0.1) is 0 Å². The molecule has 0 saturated heterocycles. The lowest BCUT2D eigenvalue weighted by Crippen LogP contribution is -2.14. The Morgan fingerprint density at radius 3 is 2.79 bits per heavy atom. The quantitative estimate of drug-likeness (QED) is 0.425. The fraction of sp³-hybridized carbons (Fsp3) is 0.160. The first-order valence-electron chi connectivity index (χ1n) is 10.5. The van der Waals surface area contributed by atoms with Crippen molar-refractivity contribution in [1.29, 1.82) is 0 Å². The minimum Gasteiger partial charge on any atom is -0.507 e. The Balaban J connectivity index is 1.67. The van der Waals surface area contributed by atoms with Gasteiger partial charge in [0.1, 0.15) is 11.5 Å². The minimum atomic E-state index is -0.692. The molecule has 7 nitrogen and oxygen atoms in total. The molecular formula is C25H22N4O3S. The first-order chi connectivity index (χ1) is 16.0. The van der Waals surface area contributed by atoms with Crippen molar-refractivity contribution in [2.75, 3.05) is 7.11 Å². The van der Waals surface area contributed by atoms with Crippen molar-refractivity contribution in [2.45, 2.75) is 18.9 Å². The summed E-state index contributed by atoms with van der Waals surface area (Å²) < 4.78 is 7.36. The number of thiazole rings is 1. The predicted molar refractivity (Wildman–Crippen MR) is 130 cm³/mol. The first-order valence-corrected chi connectivity index (χ1v) is 11.4. The molecule has 1 heterocycles. The number of carbonyl (C=O) groups excluding carboxylic acids is 1. The monoisotopic (exact) mass is 458 g/mol. The summed E-state index contributed by atoms with van der Waals surface area (Å²) in [5, 5.41) is 18.8. The van der Waals surface area contributed by atoms with Gasteiger partial charge in [0.05, 0.1) is 30.6 Å². The summed E-state index contributed by atoms with van der Waals surface area (Å²) in [5.41, 5.74) is 7.81. The molecule has 0 bridgehead atoms. The van der Waals surface area contributed by atoms with Gasteiger partial charge >= 0.3 is 0 Å². The largest absolute Gasteiger partial charge is 0.507 e. The maximum atomic E-state index is 11.8. The molecule has 4 aromatic rings. The number of ether oxygens (including phenoxy) is 1. The number of amides is 1. The lowest BCUT2D eigenvalue weighted by Gasteiger charge is -2.09. The van der Waals surface area contributed by atoms with Gasteiger partial charge in [-0.15, -0.1) is 11.3 Å². The van der Waals surface area contributed by atoms with Crippen LogP contribution >= 0.6 is 11.3 Å². The second-order valence-electron chi connectivity index (χ2n) is 7.82. The van der Waals surface area contributed by atoms with E-state index < -0.39 is 5.91 Å². The van der Waals surface area contributed by atoms with Crippen LogP contribution in [0.1, 0.15) is 28.8 Å². The molecule has 33 heavy (non-hydrogen) atoms. The summed E-state index contributed by atoms with van der Waals surface area (Å²) in [5.74, 6) is -0.126. The highest BCUT2D eigenvalue weighted by Gasteiger charge is 2.21. The van der Waals surface area contributed by atoms with Gasteiger partial charge < -0.3 is 15.6 Å². The molecule has 166 valence electrons. The lowest BCUT2D eigenvalue weighted by atomic mass is 10.0. The fourth-order valence-electron chi connectivity index (χ4n) is 3.65. The molecule has 0 unspecified atom stereocenters. The molecule has 1 aliphatic carbocycles. The summed E-state index contributed by atoms with van der Waals surface area (Å²) in [7, 11) is 1.64. The fourth-order valence-corrected chi connectivity index (χ4v) is 4.56. The highest BCUT2D eigenvalue weighted by Crippen LogP contribution is 2.29. The summed E-state index contributed by atoms with van der Waals surface area (Å²) in [6, 6.07) is 17.1. The van der Waals surface area contributed by atoms with E-state index in [1.165, 1.54) is 17.4 Å². The molecule has 0 aliphatic heterocycles. The topological polar surface area (TPSA) is 102 Å². The van der Waals surface area contributed by atoms with Crippen molar-refractivity contribution in [3.63, 3.8) is 0 Å². The number of methoxy groups -OCH3 is 1. The molecule has 0 atom stereocenters. The summed E-state index contributed by atoms with van der Waals surface area (Å²) in [6.07, 6.45) is 3.91. The zero-order valence-electron chi connectivity index (χ0n) is 17.9. The van der Waals surface area contributed by atoms with Gasteiger partial charge in [-0.25, -0.2) is 4.68 Å². The standard InChI is InChI=1S/C25H22N4O3S/c1-32-23-11-7-15-4-2-3-5-18(15)20(23)13-27-29-21(14-33-25(29)28-17-8-9-17)16-6-10-22(30)19(12-16)24(26)31/h2-7,10-14,17,30H,8-9H2,1H3,(H2,26,31). The number of nitrogens with zero attached hydrogens (tertiary/aromatic N) is 3. The van der Waals surface area contributed by atoms with Crippen LogP contribution in [0.25, 0.3) is 22.0 Å². The Labute approximate surface area is 194 Å². The van der Waals surface area contributed by atoms with Crippen LogP contribution in [-0.4, -0.2) is 35.1 Å². The maximum Gasteiger partial charge on any atom is 0.252 e. The number of hydrogen-bond acceptors (Lipinski definition) is 6. The Hall–Kier alpha value is -3.91. The van der Waals surface area contributed by atoms with Crippen LogP contribution in [0.3, 0.4) is 0 Å². The highest BCUT2D eigenvalue weighted by molar-refractivity contribution is 7.07. The third kappa shape index (κ3) is 4.12.